The fourth-order valence-electron chi connectivity index (χ4n) is 1.64. The fraction of sp³-hybridized carbons (Fsp3) is 0.875. The first-order chi connectivity index (χ1) is 6.22. The number of carbonyl (C=O) groups is 1. The summed E-state index contributed by atoms with van der Waals surface area (Å²) in [5, 5.41) is 12.4. The molecule has 0 bridgehead atoms. The SMILES string of the molecule is [N-]=[N+]=NC(O)CC1CCC(=O)CC1. The lowest BCUT2D eigenvalue weighted by atomic mass is 9.86. The number of rotatable bonds is 3. The molecule has 1 rings (SSSR count). The average molecular weight is 183 g/mol. The van der Waals surface area contributed by atoms with Crippen LogP contribution in [0, 0.1) is 5.92 Å². The molecule has 1 saturated carbocycles. The number of azide groups is 1. The zero-order valence-corrected chi connectivity index (χ0v) is 7.39. The molecule has 13 heavy (non-hydrogen) atoms. The highest BCUT2D eigenvalue weighted by atomic mass is 16.3. The third-order valence-corrected chi connectivity index (χ3v) is 2.39. The summed E-state index contributed by atoms with van der Waals surface area (Å²) in [6, 6.07) is 0. The molecule has 0 heterocycles. The number of Topliss-reactive ketones (excluding diaryl/α,β-unsaturated/α-hetero) is 1. The van der Waals surface area contributed by atoms with Crippen LogP contribution in [-0.4, -0.2) is 17.1 Å². The van der Waals surface area contributed by atoms with Crippen LogP contribution in [0.5, 0.6) is 0 Å². The minimum absolute atomic E-state index is 0.300. The molecule has 0 aromatic rings. The Balaban J connectivity index is 2.29. The molecule has 0 saturated heterocycles. The molecule has 0 aromatic carbocycles. The van der Waals surface area contributed by atoms with Crippen molar-refractivity contribution in [3.8, 4) is 0 Å². The Hall–Kier alpha value is -1.06. The minimum Gasteiger partial charge on any atom is -0.387 e. The smallest absolute Gasteiger partial charge is 0.133 e. The van der Waals surface area contributed by atoms with Crippen LogP contribution in [0.3, 0.4) is 0 Å². The topological polar surface area (TPSA) is 86.1 Å². The predicted octanol–water partition coefficient (Wildman–Crippen LogP) is 1.76. The molecule has 0 spiro atoms. The van der Waals surface area contributed by atoms with Gasteiger partial charge in [-0.25, -0.2) is 0 Å². The maximum Gasteiger partial charge on any atom is 0.133 e. The summed E-state index contributed by atoms with van der Waals surface area (Å²) in [6.07, 6.45) is 2.40. The summed E-state index contributed by atoms with van der Waals surface area (Å²) < 4.78 is 0. The van der Waals surface area contributed by atoms with Gasteiger partial charge < -0.3 is 5.11 Å². The largest absolute Gasteiger partial charge is 0.387 e. The Labute approximate surface area is 76.4 Å². The highest BCUT2D eigenvalue weighted by Crippen LogP contribution is 2.25. The van der Waals surface area contributed by atoms with Crippen molar-refractivity contribution in [2.24, 2.45) is 11.0 Å². The molecule has 1 atom stereocenters. The first-order valence-electron chi connectivity index (χ1n) is 4.46. The summed E-state index contributed by atoms with van der Waals surface area (Å²) in [4.78, 5) is 13.4. The van der Waals surface area contributed by atoms with Gasteiger partial charge in [0.1, 0.15) is 12.0 Å². The molecule has 1 fully saturated rings. The number of aliphatic hydroxyl groups excluding tert-OH is 1. The second-order valence-corrected chi connectivity index (χ2v) is 3.40. The molecule has 5 nitrogen and oxygen atoms in total. The standard InChI is InChI=1S/C8H13N3O2/c9-11-10-8(13)5-6-1-3-7(12)4-2-6/h6,8,13H,1-5H2. The second-order valence-electron chi connectivity index (χ2n) is 3.40. The number of carbonyl (C=O) groups excluding carboxylic acids is 1. The van der Waals surface area contributed by atoms with Crippen LogP contribution < -0.4 is 0 Å². The molecule has 0 amide bonds. The van der Waals surface area contributed by atoms with Gasteiger partial charge in [-0.2, -0.15) is 0 Å². The van der Waals surface area contributed by atoms with E-state index in [4.69, 9.17) is 10.6 Å². The second kappa shape index (κ2) is 4.84. The Morgan fingerprint density at radius 2 is 2.23 bits per heavy atom. The van der Waals surface area contributed by atoms with Crippen LogP contribution >= 0.6 is 0 Å². The van der Waals surface area contributed by atoms with Gasteiger partial charge in [0.2, 0.25) is 0 Å². The van der Waals surface area contributed by atoms with E-state index in [-0.39, 0.29) is 0 Å². The molecule has 5 heteroatoms. The molecule has 0 aliphatic heterocycles. The van der Waals surface area contributed by atoms with E-state index in [1.54, 1.807) is 0 Å². The van der Waals surface area contributed by atoms with E-state index >= 15 is 0 Å². The minimum atomic E-state index is -0.928. The van der Waals surface area contributed by atoms with Crippen LogP contribution in [-0.2, 0) is 4.79 Å². The third-order valence-electron chi connectivity index (χ3n) is 2.39. The van der Waals surface area contributed by atoms with Crippen LogP contribution in [0.25, 0.3) is 10.4 Å². The fourth-order valence-corrected chi connectivity index (χ4v) is 1.64. The van der Waals surface area contributed by atoms with E-state index in [1.165, 1.54) is 0 Å². The van der Waals surface area contributed by atoms with Crippen LogP contribution in [0.4, 0.5) is 0 Å². The summed E-state index contributed by atoms with van der Waals surface area (Å²) in [7, 11) is 0. The zero-order valence-electron chi connectivity index (χ0n) is 7.39. The van der Waals surface area contributed by atoms with E-state index < -0.39 is 6.23 Å². The highest BCUT2D eigenvalue weighted by molar-refractivity contribution is 5.78. The number of nitrogens with zero attached hydrogens (tertiary/aromatic N) is 3. The summed E-state index contributed by atoms with van der Waals surface area (Å²) >= 11 is 0. The first-order valence-corrected chi connectivity index (χ1v) is 4.46. The number of ketones is 1. The van der Waals surface area contributed by atoms with E-state index in [0.29, 0.717) is 31.0 Å². The van der Waals surface area contributed by atoms with Crippen LogP contribution in [0.15, 0.2) is 5.11 Å². The molecule has 72 valence electrons. The maximum atomic E-state index is 10.9. The van der Waals surface area contributed by atoms with Gasteiger partial charge in [0.05, 0.1) is 0 Å². The van der Waals surface area contributed by atoms with Gasteiger partial charge in [-0.3, -0.25) is 4.79 Å². The Morgan fingerprint density at radius 1 is 1.62 bits per heavy atom. The molecule has 0 aromatic heterocycles. The lowest BCUT2D eigenvalue weighted by Crippen LogP contribution is -2.18. The molecule has 1 aliphatic rings. The molecule has 1 N–H and O–H groups in total. The molecule has 1 unspecified atom stereocenters. The molecular formula is C8H13N3O2. The van der Waals surface area contributed by atoms with Gasteiger partial charge in [0.25, 0.3) is 0 Å². The van der Waals surface area contributed by atoms with Gasteiger partial charge in [-0.05, 0) is 30.7 Å². The van der Waals surface area contributed by atoms with E-state index in [2.05, 4.69) is 10.0 Å². The number of aliphatic hydroxyl groups is 1. The lowest BCUT2D eigenvalue weighted by Gasteiger charge is -2.21. The zero-order chi connectivity index (χ0) is 9.68. The van der Waals surface area contributed by atoms with Crippen LogP contribution in [0.2, 0.25) is 0 Å². The van der Waals surface area contributed by atoms with E-state index in [9.17, 15) is 4.79 Å². The van der Waals surface area contributed by atoms with Crippen molar-refractivity contribution in [3.05, 3.63) is 10.4 Å². The first kappa shape index (κ1) is 10.0. The summed E-state index contributed by atoms with van der Waals surface area (Å²) in [5.74, 6) is 0.632. The monoisotopic (exact) mass is 183 g/mol. The predicted molar refractivity (Wildman–Crippen MR) is 46.7 cm³/mol. The number of hydrogen-bond donors (Lipinski definition) is 1. The van der Waals surface area contributed by atoms with Gasteiger partial charge in [0, 0.05) is 17.8 Å². The molecular weight excluding hydrogens is 170 g/mol. The van der Waals surface area contributed by atoms with Crippen LogP contribution in [0.1, 0.15) is 32.1 Å². The third kappa shape index (κ3) is 3.44. The van der Waals surface area contributed by atoms with Crippen molar-refractivity contribution in [2.75, 3.05) is 0 Å². The lowest BCUT2D eigenvalue weighted by molar-refractivity contribution is -0.121. The van der Waals surface area contributed by atoms with Gasteiger partial charge >= 0.3 is 0 Å². The van der Waals surface area contributed by atoms with E-state index in [1.807, 2.05) is 0 Å². The van der Waals surface area contributed by atoms with Crippen molar-refractivity contribution in [1.29, 1.82) is 0 Å². The quantitative estimate of drug-likeness (QED) is 0.410. The maximum absolute atomic E-state index is 10.9. The molecule has 0 radical (unpaired) electrons. The number of hydrogen-bond acceptors (Lipinski definition) is 3. The van der Waals surface area contributed by atoms with Gasteiger partial charge in [0.15, 0.2) is 0 Å². The van der Waals surface area contributed by atoms with Crippen molar-refractivity contribution in [3.63, 3.8) is 0 Å². The van der Waals surface area contributed by atoms with Crippen molar-refractivity contribution >= 4 is 5.78 Å². The summed E-state index contributed by atoms with van der Waals surface area (Å²) in [6.45, 7) is 0. The normalized spacial score (nSPS) is 20.8. The van der Waals surface area contributed by atoms with Crippen molar-refractivity contribution in [2.45, 2.75) is 38.3 Å². The Bertz CT molecular complexity index is 226. The summed E-state index contributed by atoms with van der Waals surface area (Å²) in [5.41, 5.74) is 8.05. The van der Waals surface area contributed by atoms with Gasteiger partial charge in [-0.15, -0.1) is 0 Å². The highest BCUT2D eigenvalue weighted by Gasteiger charge is 2.20. The Kier molecular flexibility index (Phi) is 3.73. The van der Waals surface area contributed by atoms with Crippen molar-refractivity contribution < 1.29 is 9.90 Å². The van der Waals surface area contributed by atoms with Crippen molar-refractivity contribution in [1.82, 2.24) is 0 Å². The van der Waals surface area contributed by atoms with Gasteiger partial charge in [-0.1, -0.05) is 5.11 Å². The molecule has 1 aliphatic carbocycles. The average Bonchev–Trinajstić information content (AvgIpc) is 2.09. The van der Waals surface area contributed by atoms with E-state index in [0.717, 1.165) is 12.8 Å². The Morgan fingerprint density at radius 3 is 2.77 bits per heavy atom.